The number of nitrogens with zero attached hydrogens (tertiary/aromatic N) is 1. The maximum absolute atomic E-state index is 11.4. The molecule has 0 saturated carbocycles. The Labute approximate surface area is 103 Å². The van der Waals surface area contributed by atoms with Gasteiger partial charge < -0.3 is 10.3 Å². The van der Waals surface area contributed by atoms with Crippen LogP contribution in [0.15, 0.2) is 6.20 Å². The first-order valence-corrected chi connectivity index (χ1v) is 7.53. The Bertz CT molecular complexity index is 471. The third-order valence-electron chi connectivity index (χ3n) is 2.48. The molecule has 1 rings (SSSR count). The summed E-state index contributed by atoms with van der Waals surface area (Å²) in [5.41, 5.74) is 0.915. The van der Waals surface area contributed by atoms with Crippen molar-refractivity contribution in [3.8, 4) is 0 Å². The molecule has 1 unspecified atom stereocenters. The Kier molecular flexibility index (Phi) is 3.99. The minimum Gasteiger partial charge on any atom is -0.344 e. The first kappa shape index (κ1) is 14.2. The van der Waals surface area contributed by atoms with Gasteiger partial charge in [0.1, 0.15) is 11.1 Å². The first-order valence-electron chi connectivity index (χ1n) is 5.57. The molecule has 0 radical (unpaired) electrons. The summed E-state index contributed by atoms with van der Waals surface area (Å²) in [7, 11) is -3.10. The van der Waals surface area contributed by atoms with Gasteiger partial charge in [-0.15, -0.1) is 0 Å². The largest absolute Gasteiger partial charge is 0.344 e. The summed E-state index contributed by atoms with van der Waals surface area (Å²) in [6.45, 7) is 8.50. The van der Waals surface area contributed by atoms with Crippen LogP contribution >= 0.6 is 0 Å². The van der Waals surface area contributed by atoms with Gasteiger partial charge in [0.15, 0.2) is 9.84 Å². The van der Waals surface area contributed by atoms with E-state index in [0.29, 0.717) is 12.4 Å². The maximum Gasteiger partial charge on any atom is 0.157 e. The summed E-state index contributed by atoms with van der Waals surface area (Å²) in [6.07, 6.45) is 2.89. The van der Waals surface area contributed by atoms with E-state index in [-0.39, 0.29) is 5.54 Å². The normalized spacial score (nSPS) is 14.9. The lowest BCUT2D eigenvalue weighted by Crippen LogP contribution is -2.35. The second-order valence-electron chi connectivity index (χ2n) is 5.37. The highest BCUT2D eigenvalue weighted by molar-refractivity contribution is 7.90. The predicted molar refractivity (Wildman–Crippen MR) is 68.4 cm³/mol. The van der Waals surface area contributed by atoms with Crippen LogP contribution < -0.4 is 5.32 Å². The van der Waals surface area contributed by atoms with Crippen molar-refractivity contribution < 1.29 is 8.42 Å². The van der Waals surface area contributed by atoms with E-state index in [2.05, 4.69) is 36.1 Å². The van der Waals surface area contributed by atoms with Crippen molar-refractivity contribution in [3.05, 3.63) is 17.7 Å². The quantitative estimate of drug-likeness (QED) is 0.857. The van der Waals surface area contributed by atoms with Gasteiger partial charge in [0.05, 0.1) is 0 Å². The Morgan fingerprint density at radius 2 is 2.06 bits per heavy atom. The molecular formula is C11H21N3O2S. The molecule has 1 atom stereocenters. The van der Waals surface area contributed by atoms with Gasteiger partial charge in [-0.05, 0) is 27.7 Å². The number of hydrogen-bond donors (Lipinski definition) is 2. The average molecular weight is 259 g/mol. The van der Waals surface area contributed by atoms with Crippen LogP contribution in [0.4, 0.5) is 0 Å². The smallest absolute Gasteiger partial charge is 0.157 e. The molecule has 1 aromatic heterocycles. The van der Waals surface area contributed by atoms with Gasteiger partial charge in [0.2, 0.25) is 0 Å². The van der Waals surface area contributed by atoms with E-state index >= 15 is 0 Å². The highest BCUT2D eigenvalue weighted by Crippen LogP contribution is 2.17. The van der Waals surface area contributed by atoms with Crippen molar-refractivity contribution in [1.29, 1.82) is 0 Å². The van der Waals surface area contributed by atoms with Gasteiger partial charge in [-0.1, -0.05) is 0 Å². The molecule has 1 aromatic rings. The zero-order valence-corrected chi connectivity index (χ0v) is 11.9. The van der Waals surface area contributed by atoms with Crippen LogP contribution in [0.5, 0.6) is 0 Å². The topological polar surface area (TPSA) is 74.8 Å². The van der Waals surface area contributed by atoms with Gasteiger partial charge >= 0.3 is 0 Å². The molecule has 5 nitrogen and oxygen atoms in total. The molecule has 0 aromatic carbocycles. The van der Waals surface area contributed by atoms with Crippen LogP contribution in [0.1, 0.15) is 44.5 Å². The maximum atomic E-state index is 11.4. The standard InChI is InChI=1S/C11H21N3O2S/c1-8(17(5,15)16)10-12-6-9(14-10)7-13-11(2,3)4/h6,8,13H,7H2,1-5H3,(H,12,14). The number of imidazole rings is 1. The van der Waals surface area contributed by atoms with Crippen LogP contribution in [0, 0.1) is 0 Å². The highest BCUT2D eigenvalue weighted by Gasteiger charge is 2.20. The predicted octanol–water partition coefficient (Wildman–Crippen LogP) is 1.40. The molecule has 98 valence electrons. The number of aromatic amines is 1. The molecule has 17 heavy (non-hydrogen) atoms. The van der Waals surface area contributed by atoms with Gasteiger partial charge in [-0.25, -0.2) is 13.4 Å². The van der Waals surface area contributed by atoms with Crippen molar-refractivity contribution in [2.24, 2.45) is 0 Å². The summed E-state index contributed by atoms with van der Waals surface area (Å²) >= 11 is 0. The Hall–Kier alpha value is -0.880. The van der Waals surface area contributed by atoms with E-state index in [1.54, 1.807) is 13.1 Å². The third-order valence-corrected chi connectivity index (χ3v) is 3.99. The molecule has 6 heteroatoms. The van der Waals surface area contributed by atoms with E-state index < -0.39 is 15.1 Å². The average Bonchev–Trinajstić information content (AvgIpc) is 2.59. The summed E-state index contributed by atoms with van der Waals surface area (Å²) < 4.78 is 22.8. The minimum absolute atomic E-state index is 0.0215. The number of sulfone groups is 1. The lowest BCUT2D eigenvalue weighted by Gasteiger charge is -2.19. The molecule has 0 spiro atoms. The summed E-state index contributed by atoms with van der Waals surface area (Å²) in [6, 6.07) is 0. The van der Waals surface area contributed by atoms with Crippen molar-refractivity contribution in [1.82, 2.24) is 15.3 Å². The lowest BCUT2D eigenvalue weighted by molar-refractivity contribution is 0.421. The zero-order chi connectivity index (χ0) is 13.3. The van der Waals surface area contributed by atoms with Crippen molar-refractivity contribution >= 4 is 9.84 Å². The van der Waals surface area contributed by atoms with Crippen molar-refractivity contribution in [3.63, 3.8) is 0 Å². The monoisotopic (exact) mass is 259 g/mol. The van der Waals surface area contributed by atoms with E-state index in [1.807, 2.05) is 0 Å². The summed E-state index contributed by atoms with van der Waals surface area (Å²) in [5.74, 6) is 0.498. The molecule has 0 aliphatic carbocycles. The third kappa shape index (κ3) is 4.47. The van der Waals surface area contributed by atoms with Crippen LogP contribution in [-0.4, -0.2) is 30.2 Å². The fraction of sp³-hybridized carbons (Fsp3) is 0.727. The van der Waals surface area contributed by atoms with Crippen LogP contribution in [0.2, 0.25) is 0 Å². The minimum atomic E-state index is -3.10. The molecule has 0 fully saturated rings. The molecule has 2 N–H and O–H groups in total. The first-order chi connectivity index (χ1) is 7.59. The van der Waals surface area contributed by atoms with E-state index in [9.17, 15) is 8.42 Å². The zero-order valence-electron chi connectivity index (χ0n) is 11.0. The van der Waals surface area contributed by atoms with E-state index in [4.69, 9.17) is 0 Å². The van der Waals surface area contributed by atoms with Gasteiger partial charge in [0.25, 0.3) is 0 Å². The van der Waals surface area contributed by atoms with Crippen LogP contribution in [0.3, 0.4) is 0 Å². The number of nitrogens with one attached hydrogen (secondary N) is 2. The number of aromatic nitrogens is 2. The molecule has 0 aliphatic heterocycles. The van der Waals surface area contributed by atoms with Gasteiger partial charge in [-0.2, -0.15) is 0 Å². The van der Waals surface area contributed by atoms with Crippen LogP contribution in [-0.2, 0) is 16.4 Å². The van der Waals surface area contributed by atoms with Gasteiger partial charge in [0, 0.05) is 30.2 Å². The van der Waals surface area contributed by atoms with Gasteiger partial charge in [-0.3, -0.25) is 0 Å². The molecule has 0 aliphatic rings. The fourth-order valence-electron chi connectivity index (χ4n) is 1.24. The Morgan fingerprint density at radius 3 is 2.53 bits per heavy atom. The Morgan fingerprint density at radius 1 is 1.47 bits per heavy atom. The van der Waals surface area contributed by atoms with E-state index in [0.717, 1.165) is 5.69 Å². The molecule has 0 bridgehead atoms. The number of rotatable bonds is 4. The van der Waals surface area contributed by atoms with Crippen LogP contribution in [0.25, 0.3) is 0 Å². The Balaban J connectivity index is 2.73. The SMILES string of the molecule is CC(c1ncc(CNC(C)(C)C)[nH]1)S(C)(=O)=O. The van der Waals surface area contributed by atoms with Crippen molar-refractivity contribution in [2.45, 2.75) is 45.0 Å². The lowest BCUT2D eigenvalue weighted by atomic mass is 10.1. The summed E-state index contributed by atoms with van der Waals surface area (Å²) in [5, 5.41) is 2.72. The highest BCUT2D eigenvalue weighted by atomic mass is 32.2. The van der Waals surface area contributed by atoms with E-state index in [1.165, 1.54) is 6.26 Å². The molecule has 0 saturated heterocycles. The second kappa shape index (κ2) is 4.78. The molecule has 1 heterocycles. The fourth-order valence-corrected chi connectivity index (χ4v) is 1.76. The summed E-state index contributed by atoms with van der Waals surface area (Å²) in [4.78, 5) is 7.15. The number of H-pyrrole nitrogens is 1. The second-order valence-corrected chi connectivity index (χ2v) is 7.74. The molecular weight excluding hydrogens is 238 g/mol. The number of hydrogen-bond acceptors (Lipinski definition) is 4. The molecule has 0 amide bonds. The van der Waals surface area contributed by atoms with Crippen molar-refractivity contribution in [2.75, 3.05) is 6.26 Å².